The molecular weight excluding hydrogens is 154 g/mol. The molecule has 1 radical (unpaired) electrons. The van der Waals surface area contributed by atoms with Crippen molar-refractivity contribution in [2.75, 3.05) is 32.9 Å². The molecule has 0 aromatic carbocycles. The molecule has 0 spiro atoms. The summed E-state index contributed by atoms with van der Waals surface area (Å²) >= 11 is 0. The van der Waals surface area contributed by atoms with E-state index in [1.807, 2.05) is 0 Å². The van der Waals surface area contributed by atoms with Crippen LogP contribution in [-0.4, -0.2) is 37.8 Å². The Morgan fingerprint density at radius 1 is 1.00 bits per heavy atom. The van der Waals surface area contributed by atoms with Gasteiger partial charge in [-0.25, -0.2) is 0 Å². The van der Waals surface area contributed by atoms with Crippen LogP contribution in [0.5, 0.6) is 0 Å². The van der Waals surface area contributed by atoms with E-state index in [2.05, 4.69) is 4.90 Å². The predicted octanol–water partition coefficient (Wildman–Crippen LogP) is 1.01. The van der Waals surface area contributed by atoms with Crippen molar-refractivity contribution in [2.45, 2.75) is 19.3 Å². The molecule has 2 saturated heterocycles. The van der Waals surface area contributed by atoms with Crippen molar-refractivity contribution in [3.05, 3.63) is 6.23 Å². The van der Waals surface area contributed by atoms with Crippen LogP contribution in [0.1, 0.15) is 19.3 Å². The summed E-state index contributed by atoms with van der Waals surface area (Å²) in [5, 5.41) is 0. The minimum absolute atomic E-state index is 0.681. The molecule has 69 valence electrons. The molecule has 2 rings (SSSR count). The summed E-state index contributed by atoms with van der Waals surface area (Å²) in [7, 11) is 0. The third-order valence-corrected chi connectivity index (χ3v) is 2.43. The Morgan fingerprint density at radius 2 is 1.83 bits per heavy atom. The van der Waals surface area contributed by atoms with E-state index in [0.717, 1.165) is 32.5 Å². The van der Waals surface area contributed by atoms with Gasteiger partial charge in [0.15, 0.2) is 6.23 Å². The molecule has 2 aliphatic heterocycles. The second-order valence-electron chi connectivity index (χ2n) is 3.34. The van der Waals surface area contributed by atoms with E-state index in [9.17, 15) is 0 Å². The molecule has 0 unspecified atom stereocenters. The molecule has 0 saturated carbocycles. The summed E-state index contributed by atoms with van der Waals surface area (Å²) in [5.41, 5.74) is 0. The number of hydrogen-bond donors (Lipinski definition) is 0. The van der Waals surface area contributed by atoms with Gasteiger partial charge in [0.2, 0.25) is 0 Å². The Balaban J connectivity index is 1.80. The molecule has 0 bridgehead atoms. The van der Waals surface area contributed by atoms with Crippen LogP contribution in [-0.2, 0) is 9.47 Å². The number of likely N-dealkylation sites (tertiary alicyclic amines) is 1. The highest BCUT2D eigenvalue weighted by Crippen LogP contribution is 2.19. The second kappa shape index (κ2) is 4.21. The highest BCUT2D eigenvalue weighted by molar-refractivity contribution is 4.83. The molecule has 0 aliphatic carbocycles. The van der Waals surface area contributed by atoms with Crippen molar-refractivity contribution in [1.82, 2.24) is 4.90 Å². The van der Waals surface area contributed by atoms with Crippen LogP contribution in [0.15, 0.2) is 0 Å². The van der Waals surface area contributed by atoms with E-state index >= 15 is 0 Å². The van der Waals surface area contributed by atoms with Crippen molar-refractivity contribution in [2.24, 2.45) is 0 Å². The third-order valence-electron chi connectivity index (χ3n) is 2.43. The zero-order valence-corrected chi connectivity index (χ0v) is 7.42. The van der Waals surface area contributed by atoms with E-state index < -0.39 is 0 Å². The fourth-order valence-electron chi connectivity index (χ4n) is 1.75. The van der Waals surface area contributed by atoms with E-state index in [1.165, 1.54) is 19.3 Å². The van der Waals surface area contributed by atoms with Crippen LogP contribution in [0.3, 0.4) is 0 Å². The highest BCUT2D eigenvalue weighted by atomic mass is 16.6. The minimum Gasteiger partial charge on any atom is -0.374 e. The summed E-state index contributed by atoms with van der Waals surface area (Å²) in [4.78, 5) is 2.32. The number of nitrogens with zero attached hydrogens (tertiary/aromatic N) is 1. The van der Waals surface area contributed by atoms with Crippen molar-refractivity contribution in [3.63, 3.8) is 0 Å². The lowest BCUT2D eigenvalue weighted by atomic mass is 10.1. The van der Waals surface area contributed by atoms with Crippen molar-refractivity contribution in [3.8, 4) is 0 Å². The monoisotopic (exact) mass is 170 g/mol. The summed E-state index contributed by atoms with van der Waals surface area (Å²) in [6.07, 6.45) is 5.02. The van der Waals surface area contributed by atoms with E-state index in [-0.39, 0.29) is 0 Å². The molecular formula is C9H16NO2. The van der Waals surface area contributed by atoms with Crippen molar-refractivity contribution < 1.29 is 9.47 Å². The molecule has 0 amide bonds. The van der Waals surface area contributed by atoms with Crippen LogP contribution in [0, 0.1) is 6.23 Å². The van der Waals surface area contributed by atoms with Crippen LogP contribution in [0.2, 0.25) is 0 Å². The number of ether oxygens (including phenoxy) is 2. The van der Waals surface area contributed by atoms with Gasteiger partial charge in [-0.05, 0) is 12.8 Å². The fourth-order valence-corrected chi connectivity index (χ4v) is 1.75. The van der Waals surface area contributed by atoms with Gasteiger partial charge in [0.05, 0.1) is 19.8 Å². The zero-order chi connectivity index (χ0) is 8.23. The van der Waals surface area contributed by atoms with Gasteiger partial charge in [-0.15, -0.1) is 0 Å². The minimum atomic E-state index is 0.681. The first-order valence-corrected chi connectivity index (χ1v) is 4.78. The lowest BCUT2D eigenvalue weighted by Gasteiger charge is -2.34. The summed E-state index contributed by atoms with van der Waals surface area (Å²) < 4.78 is 10.9. The van der Waals surface area contributed by atoms with E-state index in [1.54, 1.807) is 0 Å². The maximum absolute atomic E-state index is 5.54. The number of hydrogen-bond acceptors (Lipinski definition) is 3. The molecule has 2 aliphatic rings. The van der Waals surface area contributed by atoms with Crippen LogP contribution >= 0.6 is 0 Å². The Bertz CT molecular complexity index is 112. The lowest BCUT2D eigenvalue weighted by molar-refractivity contribution is -0.0864. The SMILES string of the molecule is C1CCN([C]2COCCO2)CC1. The molecule has 3 heteroatoms. The Hall–Kier alpha value is -0.120. The first-order valence-electron chi connectivity index (χ1n) is 4.78. The first-order chi connectivity index (χ1) is 5.97. The third kappa shape index (κ3) is 1.97. The second-order valence-corrected chi connectivity index (χ2v) is 3.34. The van der Waals surface area contributed by atoms with Gasteiger partial charge in [-0.2, -0.15) is 0 Å². The van der Waals surface area contributed by atoms with Crippen LogP contribution in [0.25, 0.3) is 0 Å². The van der Waals surface area contributed by atoms with Gasteiger partial charge in [0.25, 0.3) is 0 Å². The fraction of sp³-hybridized carbons (Fsp3) is 0.889. The maximum atomic E-state index is 5.54. The average molecular weight is 170 g/mol. The molecule has 0 aromatic rings. The van der Waals surface area contributed by atoms with Gasteiger partial charge in [-0.1, -0.05) is 6.42 Å². The van der Waals surface area contributed by atoms with Crippen LogP contribution < -0.4 is 0 Å². The normalized spacial score (nSPS) is 29.0. The molecule has 12 heavy (non-hydrogen) atoms. The molecule has 0 aromatic heterocycles. The molecule has 0 N–H and O–H groups in total. The molecule has 3 nitrogen and oxygen atoms in total. The zero-order valence-electron chi connectivity index (χ0n) is 7.42. The standard InChI is InChI=1S/C9H16NO2/c1-2-4-10(5-3-1)9-8-11-6-7-12-9/h1-8H2. The Kier molecular flexibility index (Phi) is 2.98. The lowest BCUT2D eigenvalue weighted by Crippen LogP contribution is -2.40. The van der Waals surface area contributed by atoms with Crippen molar-refractivity contribution >= 4 is 0 Å². The van der Waals surface area contributed by atoms with Crippen LogP contribution in [0.4, 0.5) is 0 Å². The number of piperidine rings is 1. The Morgan fingerprint density at radius 3 is 2.50 bits per heavy atom. The summed E-state index contributed by atoms with van der Waals surface area (Å²) in [6.45, 7) is 4.46. The van der Waals surface area contributed by atoms with Gasteiger partial charge >= 0.3 is 0 Å². The first kappa shape index (κ1) is 8.48. The van der Waals surface area contributed by atoms with Crippen molar-refractivity contribution in [1.29, 1.82) is 0 Å². The molecule has 2 heterocycles. The smallest absolute Gasteiger partial charge is 0.190 e. The van der Waals surface area contributed by atoms with Gasteiger partial charge in [-0.3, -0.25) is 4.90 Å². The maximum Gasteiger partial charge on any atom is 0.190 e. The predicted molar refractivity (Wildman–Crippen MR) is 45.4 cm³/mol. The average Bonchev–Trinajstić information content (AvgIpc) is 2.21. The quantitative estimate of drug-likeness (QED) is 0.586. The van der Waals surface area contributed by atoms with Gasteiger partial charge < -0.3 is 9.47 Å². The highest BCUT2D eigenvalue weighted by Gasteiger charge is 2.24. The Labute approximate surface area is 73.6 Å². The van der Waals surface area contributed by atoms with Gasteiger partial charge in [0.1, 0.15) is 0 Å². The molecule has 2 fully saturated rings. The largest absolute Gasteiger partial charge is 0.374 e. The van der Waals surface area contributed by atoms with E-state index in [4.69, 9.17) is 9.47 Å². The topological polar surface area (TPSA) is 21.7 Å². The summed E-state index contributed by atoms with van der Waals surface area (Å²) in [5.74, 6) is 0. The van der Waals surface area contributed by atoms with Gasteiger partial charge in [0, 0.05) is 13.1 Å². The molecule has 0 atom stereocenters. The van der Waals surface area contributed by atoms with E-state index in [0.29, 0.717) is 6.61 Å². The number of rotatable bonds is 1. The summed E-state index contributed by atoms with van der Waals surface area (Å²) in [6, 6.07) is 0.